The van der Waals surface area contributed by atoms with E-state index in [0.717, 1.165) is 41.5 Å². The quantitative estimate of drug-likeness (QED) is 0.243. The van der Waals surface area contributed by atoms with Crippen LogP contribution in [0.15, 0.2) is 103 Å². The zero-order valence-electron chi connectivity index (χ0n) is 23.2. The maximum absolute atomic E-state index is 11.5. The fraction of sp³-hybridized carbons (Fsp3) is 0.211. The van der Waals surface area contributed by atoms with E-state index in [4.69, 9.17) is 0 Å². The molecule has 0 spiro atoms. The van der Waals surface area contributed by atoms with Gasteiger partial charge in [-0.1, -0.05) is 116 Å². The summed E-state index contributed by atoms with van der Waals surface area (Å²) in [4.78, 5) is 0. The Balaban J connectivity index is 1.55. The summed E-state index contributed by atoms with van der Waals surface area (Å²) in [6, 6.07) is 36.0. The molecule has 5 aromatic carbocycles. The van der Waals surface area contributed by atoms with Crippen LogP contribution in [0.2, 0.25) is 0 Å². The van der Waals surface area contributed by atoms with Crippen LogP contribution in [0.1, 0.15) is 74.5 Å². The highest BCUT2D eigenvalue weighted by Gasteiger charge is 2.18. The Morgan fingerprint density at radius 1 is 0.450 bits per heavy atom. The molecular weight excluding hydrogens is 488 g/mol. The lowest BCUT2D eigenvalue weighted by Crippen LogP contribution is -2.06. The first-order valence-electron chi connectivity index (χ1n) is 14.4. The molecule has 6 rings (SSSR count). The van der Waals surface area contributed by atoms with Crippen molar-refractivity contribution >= 4 is 0 Å². The number of rotatable bonds is 4. The number of phenols is 2. The SMILES string of the molecule is CCCc1c2cccc1Cc1cccc(c1O)Cc1cccc(c1Cc1ccccc1)Cc1cccc(c1O)C2. The Morgan fingerprint density at radius 2 is 0.825 bits per heavy atom. The van der Waals surface area contributed by atoms with Gasteiger partial charge in [0.05, 0.1) is 0 Å². The zero-order chi connectivity index (χ0) is 27.5. The van der Waals surface area contributed by atoms with Gasteiger partial charge in [-0.2, -0.15) is 0 Å². The fourth-order valence-electron chi connectivity index (χ4n) is 6.32. The van der Waals surface area contributed by atoms with Crippen molar-refractivity contribution in [3.8, 4) is 11.5 Å². The third-order valence-corrected chi connectivity index (χ3v) is 8.39. The standard InChI is InChI=1S/C38H36O2/c1-2-10-35-27-13-6-14-28(35)23-32-18-9-20-34(38(32)40)25-30-16-7-15-29(36(30)21-26-11-4-3-5-12-26)24-33-19-8-17-31(22-27)37(33)39/h3-9,11-20,39-40H,2,10,21-25H2,1H3. The Labute approximate surface area is 237 Å². The topological polar surface area (TPSA) is 40.5 Å². The smallest absolute Gasteiger partial charge is 0.122 e. The molecule has 0 amide bonds. The van der Waals surface area contributed by atoms with Crippen molar-refractivity contribution in [2.45, 2.75) is 51.9 Å². The Morgan fingerprint density at radius 3 is 1.23 bits per heavy atom. The van der Waals surface area contributed by atoms with Crippen LogP contribution in [0, 0.1) is 0 Å². The van der Waals surface area contributed by atoms with Gasteiger partial charge in [-0.25, -0.2) is 0 Å². The van der Waals surface area contributed by atoms with Crippen LogP contribution in [0.25, 0.3) is 0 Å². The summed E-state index contributed by atoms with van der Waals surface area (Å²) < 4.78 is 0. The number of hydrogen-bond donors (Lipinski definition) is 2. The van der Waals surface area contributed by atoms with Gasteiger partial charge in [-0.15, -0.1) is 0 Å². The molecule has 0 saturated carbocycles. The Hall–Kier alpha value is -4.30. The van der Waals surface area contributed by atoms with Crippen LogP contribution in [0.5, 0.6) is 11.5 Å². The van der Waals surface area contributed by atoms with Crippen LogP contribution in [0.4, 0.5) is 0 Å². The highest BCUT2D eigenvalue weighted by atomic mass is 16.3. The molecule has 0 fully saturated rings. The number of benzene rings is 5. The molecule has 0 aromatic heterocycles. The van der Waals surface area contributed by atoms with Gasteiger partial charge in [0, 0.05) is 25.7 Å². The van der Waals surface area contributed by atoms with E-state index in [1.807, 2.05) is 0 Å². The minimum Gasteiger partial charge on any atom is -0.507 e. The van der Waals surface area contributed by atoms with Crippen LogP contribution in [0.3, 0.4) is 0 Å². The highest BCUT2D eigenvalue weighted by Crippen LogP contribution is 2.34. The maximum atomic E-state index is 11.5. The fourth-order valence-corrected chi connectivity index (χ4v) is 6.32. The van der Waals surface area contributed by atoms with Crippen molar-refractivity contribution < 1.29 is 10.2 Å². The molecule has 0 saturated heterocycles. The second kappa shape index (κ2) is 11.4. The van der Waals surface area contributed by atoms with E-state index in [2.05, 4.69) is 110 Å². The molecule has 0 aliphatic heterocycles. The van der Waals surface area contributed by atoms with E-state index in [9.17, 15) is 10.2 Å². The predicted octanol–water partition coefficient (Wildman–Crippen LogP) is 8.32. The lowest BCUT2D eigenvalue weighted by Gasteiger charge is -2.20. The average Bonchev–Trinajstić information content (AvgIpc) is 2.96. The third-order valence-electron chi connectivity index (χ3n) is 8.39. The molecular formula is C38H36O2. The summed E-state index contributed by atoms with van der Waals surface area (Å²) in [6.07, 6.45) is 5.50. The van der Waals surface area contributed by atoms with E-state index in [1.165, 1.54) is 38.9 Å². The molecule has 1 aliphatic rings. The molecule has 0 atom stereocenters. The zero-order valence-corrected chi connectivity index (χ0v) is 23.2. The average molecular weight is 525 g/mol. The molecule has 8 bridgehead atoms. The van der Waals surface area contributed by atoms with E-state index in [-0.39, 0.29) is 0 Å². The van der Waals surface area contributed by atoms with Gasteiger partial charge in [0.1, 0.15) is 11.5 Å². The molecule has 5 aromatic rings. The molecule has 0 unspecified atom stereocenters. The van der Waals surface area contributed by atoms with Gasteiger partial charge in [0.15, 0.2) is 0 Å². The van der Waals surface area contributed by atoms with E-state index in [1.54, 1.807) is 0 Å². The van der Waals surface area contributed by atoms with E-state index in [0.29, 0.717) is 37.2 Å². The van der Waals surface area contributed by atoms with Crippen molar-refractivity contribution in [1.82, 2.24) is 0 Å². The summed E-state index contributed by atoms with van der Waals surface area (Å²) >= 11 is 0. The number of para-hydroxylation sites is 2. The summed E-state index contributed by atoms with van der Waals surface area (Å²) in [5, 5.41) is 23.1. The number of aromatic hydroxyl groups is 2. The van der Waals surface area contributed by atoms with Crippen molar-refractivity contribution in [2.75, 3.05) is 0 Å². The van der Waals surface area contributed by atoms with Gasteiger partial charge in [-0.05, 0) is 74.0 Å². The minimum atomic E-state index is 0.404. The largest absolute Gasteiger partial charge is 0.507 e. The molecule has 0 radical (unpaired) electrons. The van der Waals surface area contributed by atoms with Crippen LogP contribution in [-0.4, -0.2) is 10.2 Å². The van der Waals surface area contributed by atoms with Crippen LogP contribution >= 0.6 is 0 Å². The van der Waals surface area contributed by atoms with Crippen molar-refractivity contribution in [3.63, 3.8) is 0 Å². The van der Waals surface area contributed by atoms with E-state index >= 15 is 0 Å². The number of hydrogen-bond acceptors (Lipinski definition) is 2. The Bertz CT molecular complexity index is 1550. The van der Waals surface area contributed by atoms with Crippen molar-refractivity contribution in [2.24, 2.45) is 0 Å². The number of phenolic OH excluding ortho intramolecular Hbond substituents is 2. The molecule has 1 aliphatic carbocycles. The second-order valence-electron chi connectivity index (χ2n) is 11.1. The first-order valence-corrected chi connectivity index (χ1v) is 14.4. The summed E-state index contributed by atoms with van der Waals surface area (Å²) in [5.74, 6) is 0.808. The van der Waals surface area contributed by atoms with Gasteiger partial charge < -0.3 is 10.2 Å². The summed E-state index contributed by atoms with van der Waals surface area (Å²) in [7, 11) is 0. The Kier molecular flexibility index (Phi) is 7.42. The summed E-state index contributed by atoms with van der Waals surface area (Å²) in [5.41, 5.74) is 12.6. The van der Waals surface area contributed by atoms with Gasteiger partial charge in [0.2, 0.25) is 0 Å². The first kappa shape index (κ1) is 26.0. The maximum Gasteiger partial charge on any atom is 0.122 e. The van der Waals surface area contributed by atoms with Crippen molar-refractivity contribution in [3.05, 3.63) is 164 Å². The third kappa shape index (κ3) is 5.27. The van der Waals surface area contributed by atoms with Gasteiger partial charge in [-0.3, -0.25) is 0 Å². The molecule has 2 N–H and O–H groups in total. The normalized spacial score (nSPS) is 12.7. The van der Waals surface area contributed by atoms with Gasteiger partial charge in [0.25, 0.3) is 0 Å². The lowest BCUT2D eigenvalue weighted by molar-refractivity contribution is 0.463. The second-order valence-corrected chi connectivity index (χ2v) is 11.1. The molecule has 200 valence electrons. The lowest BCUT2D eigenvalue weighted by atomic mass is 9.86. The monoisotopic (exact) mass is 524 g/mol. The minimum absolute atomic E-state index is 0.404. The highest BCUT2D eigenvalue weighted by molar-refractivity contribution is 5.53. The molecule has 40 heavy (non-hydrogen) atoms. The van der Waals surface area contributed by atoms with Crippen LogP contribution < -0.4 is 0 Å². The van der Waals surface area contributed by atoms with Crippen LogP contribution in [-0.2, 0) is 38.5 Å². The van der Waals surface area contributed by atoms with E-state index < -0.39 is 0 Å². The predicted molar refractivity (Wildman–Crippen MR) is 164 cm³/mol. The summed E-state index contributed by atoms with van der Waals surface area (Å²) in [6.45, 7) is 2.21. The molecule has 2 heteroatoms. The van der Waals surface area contributed by atoms with Crippen molar-refractivity contribution in [1.29, 1.82) is 0 Å². The molecule has 2 nitrogen and oxygen atoms in total. The first-order chi connectivity index (χ1) is 19.6. The number of fused-ring (bicyclic) bond motifs is 8. The van der Waals surface area contributed by atoms with Gasteiger partial charge >= 0.3 is 0 Å². The molecule has 0 heterocycles.